The molecule has 0 aliphatic heterocycles. The lowest BCUT2D eigenvalue weighted by Gasteiger charge is -2.37. The molecule has 0 saturated carbocycles. The Kier molecular flexibility index (Phi) is 8.54. The van der Waals surface area contributed by atoms with Crippen LogP contribution in [0.25, 0.3) is 0 Å². The standard InChI is InChI=1S/C30H46O/c1-19(2)24-12-11-15-30(18-24,23(9)10)29(31)14-13-26-27(21(5)6)16-25(20(3)4)17-28(26)22(7)8/h11-12,15-17,19-23H,13-14,18H2,1-10H3. The van der Waals surface area contributed by atoms with Crippen molar-refractivity contribution in [3.05, 3.63) is 58.2 Å². The molecule has 1 aromatic carbocycles. The molecule has 0 N–H and O–H groups in total. The minimum atomic E-state index is -0.359. The molecule has 0 bridgehead atoms. The Bertz CT molecular complexity index is 803. The zero-order chi connectivity index (χ0) is 23.5. The molecule has 0 saturated heterocycles. The molecule has 1 aliphatic rings. The number of benzene rings is 1. The molecule has 0 radical (unpaired) electrons. The summed E-state index contributed by atoms with van der Waals surface area (Å²) in [5, 5.41) is 0. The second-order valence-electron chi connectivity index (χ2n) is 11.2. The van der Waals surface area contributed by atoms with Gasteiger partial charge in [0.1, 0.15) is 5.78 Å². The maximum atomic E-state index is 13.8. The molecular formula is C30H46O. The van der Waals surface area contributed by atoms with Crippen LogP contribution in [0, 0.1) is 17.3 Å². The molecule has 2 rings (SSSR count). The Balaban J connectivity index is 2.39. The Labute approximate surface area is 192 Å². The highest BCUT2D eigenvalue weighted by atomic mass is 16.1. The van der Waals surface area contributed by atoms with Gasteiger partial charge in [-0.15, -0.1) is 0 Å². The molecular weight excluding hydrogens is 376 g/mol. The third-order valence-electron chi connectivity index (χ3n) is 7.35. The molecule has 172 valence electrons. The lowest BCUT2D eigenvalue weighted by atomic mass is 9.65. The van der Waals surface area contributed by atoms with E-state index in [1.165, 1.54) is 27.8 Å². The lowest BCUT2D eigenvalue weighted by Crippen LogP contribution is -2.37. The van der Waals surface area contributed by atoms with Crippen molar-refractivity contribution in [3.8, 4) is 0 Å². The van der Waals surface area contributed by atoms with E-state index < -0.39 is 0 Å². The summed E-state index contributed by atoms with van der Waals surface area (Å²) in [6, 6.07) is 4.80. The molecule has 0 aromatic heterocycles. The molecule has 0 spiro atoms. The number of rotatable bonds is 9. The summed E-state index contributed by atoms with van der Waals surface area (Å²) in [7, 11) is 0. The van der Waals surface area contributed by atoms with Gasteiger partial charge in [0.2, 0.25) is 0 Å². The van der Waals surface area contributed by atoms with Gasteiger partial charge in [0.15, 0.2) is 0 Å². The average molecular weight is 423 g/mol. The normalized spacial score (nSPS) is 19.3. The van der Waals surface area contributed by atoms with Crippen LogP contribution in [0.3, 0.4) is 0 Å². The zero-order valence-corrected chi connectivity index (χ0v) is 21.8. The van der Waals surface area contributed by atoms with E-state index in [0.717, 1.165) is 12.8 Å². The highest BCUT2D eigenvalue weighted by Crippen LogP contribution is 2.43. The topological polar surface area (TPSA) is 17.1 Å². The Morgan fingerprint density at radius 2 is 1.39 bits per heavy atom. The van der Waals surface area contributed by atoms with E-state index in [9.17, 15) is 4.79 Å². The van der Waals surface area contributed by atoms with Gasteiger partial charge in [-0.2, -0.15) is 0 Å². The van der Waals surface area contributed by atoms with E-state index in [1.54, 1.807) is 0 Å². The van der Waals surface area contributed by atoms with Gasteiger partial charge in [-0.05, 0) is 64.7 Å². The number of ketones is 1. The summed E-state index contributed by atoms with van der Waals surface area (Å²) < 4.78 is 0. The highest BCUT2D eigenvalue weighted by Gasteiger charge is 2.40. The van der Waals surface area contributed by atoms with Crippen LogP contribution in [-0.4, -0.2) is 5.78 Å². The quantitative estimate of drug-likeness (QED) is 0.389. The van der Waals surface area contributed by atoms with Crippen LogP contribution < -0.4 is 0 Å². The third-order valence-corrected chi connectivity index (χ3v) is 7.35. The van der Waals surface area contributed by atoms with Crippen molar-refractivity contribution in [2.45, 2.75) is 106 Å². The fourth-order valence-corrected chi connectivity index (χ4v) is 4.97. The van der Waals surface area contributed by atoms with Crippen molar-refractivity contribution in [2.24, 2.45) is 17.3 Å². The lowest BCUT2D eigenvalue weighted by molar-refractivity contribution is -0.128. The van der Waals surface area contributed by atoms with Gasteiger partial charge in [0, 0.05) is 6.42 Å². The van der Waals surface area contributed by atoms with Crippen molar-refractivity contribution in [2.75, 3.05) is 0 Å². The predicted octanol–water partition coefficient (Wildman–Crippen LogP) is 8.74. The average Bonchev–Trinajstić information content (AvgIpc) is 2.70. The molecule has 1 atom stereocenters. The minimum Gasteiger partial charge on any atom is -0.299 e. The van der Waals surface area contributed by atoms with Crippen LogP contribution in [0.15, 0.2) is 35.9 Å². The summed E-state index contributed by atoms with van der Waals surface area (Å²) in [6.07, 6.45) is 8.89. The van der Waals surface area contributed by atoms with E-state index in [2.05, 4.69) is 99.6 Å². The van der Waals surface area contributed by atoms with Crippen LogP contribution in [0.1, 0.15) is 122 Å². The molecule has 0 fully saturated rings. The third kappa shape index (κ3) is 5.60. The molecule has 0 heterocycles. The van der Waals surface area contributed by atoms with Crippen molar-refractivity contribution >= 4 is 5.78 Å². The van der Waals surface area contributed by atoms with Crippen LogP contribution >= 0.6 is 0 Å². The van der Waals surface area contributed by atoms with Gasteiger partial charge in [0.25, 0.3) is 0 Å². The highest BCUT2D eigenvalue weighted by molar-refractivity contribution is 5.88. The first kappa shape index (κ1) is 25.6. The Morgan fingerprint density at radius 3 is 1.81 bits per heavy atom. The summed E-state index contributed by atoms with van der Waals surface area (Å²) in [5.41, 5.74) is 6.74. The molecule has 1 nitrogen and oxygen atoms in total. The largest absolute Gasteiger partial charge is 0.299 e. The number of hydrogen-bond acceptors (Lipinski definition) is 1. The van der Waals surface area contributed by atoms with Crippen molar-refractivity contribution in [3.63, 3.8) is 0 Å². The SMILES string of the molecule is CC(C)C1=CC=CC(C(=O)CCc2c(C(C)C)cc(C(C)C)cc2C(C)C)(C(C)C)C1. The molecule has 0 amide bonds. The number of carbonyl (C=O) groups is 1. The van der Waals surface area contributed by atoms with Gasteiger partial charge in [-0.1, -0.05) is 105 Å². The molecule has 1 aliphatic carbocycles. The predicted molar refractivity (Wildman–Crippen MR) is 136 cm³/mol. The maximum absolute atomic E-state index is 13.8. The second-order valence-corrected chi connectivity index (χ2v) is 11.2. The smallest absolute Gasteiger partial charge is 0.143 e. The van der Waals surface area contributed by atoms with E-state index in [-0.39, 0.29) is 5.41 Å². The Hall–Kier alpha value is -1.63. The first-order valence-electron chi connectivity index (χ1n) is 12.5. The minimum absolute atomic E-state index is 0.302. The van der Waals surface area contributed by atoms with Gasteiger partial charge in [0.05, 0.1) is 5.41 Å². The van der Waals surface area contributed by atoms with Crippen molar-refractivity contribution in [1.82, 2.24) is 0 Å². The molecule has 1 aromatic rings. The number of Topliss-reactive ketones (excluding diaryl/α,β-unsaturated/α-hetero) is 1. The van der Waals surface area contributed by atoms with Crippen LogP contribution in [0.4, 0.5) is 0 Å². The van der Waals surface area contributed by atoms with E-state index in [4.69, 9.17) is 0 Å². The second kappa shape index (κ2) is 10.3. The van der Waals surface area contributed by atoms with Gasteiger partial charge in [-0.25, -0.2) is 0 Å². The monoisotopic (exact) mass is 422 g/mol. The fourth-order valence-electron chi connectivity index (χ4n) is 4.97. The first-order chi connectivity index (χ1) is 14.4. The van der Waals surface area contributed by atoms with Crippen LogP contribution in [0.5, 0.6) is 0 Å². The zero-order valence-electron chi connectivity index (χ0n) is 21.8. The molecule has 31 heavy (non-hydrogen) atoms. The number of allylic oxidation sites excluding steroid dienone is 4. The van der Waals surface area contributed by atoms with E-state index in [0.29, 0.717) is 41.8 Å². The maximum Gasteiger partial charge on any atom is 0.143 e. The first-order valence-corrected chi connectivity index (χ1v) is 12.5. The number of hydrogen-bond donors (Lipinski definition) is 0. The van der Waals surface area contributed by atoms with E-state index >= 15 is 0 Å². The van der Waals surface area contributed by atoms with E-state index in [1.807, 2.05) is 0 Å². The van der Waals surface area contributed by atoms with Gasteiger partial charge >= 0.3 is 0 Å². The van der Waals surface area contributed by atoms with Gasteiger partial charge in [-0.3, -0.25) is 4.79 Å². The summed E-state index contributed by atoms with van der Waals surface area (Å²) >= 11 is 0. The van der Waals surface area contributed by atoms with Crippen LogP contribution in [0.2, 0.25) is 0 Å². The summed E-state index contributed by atoms with van der Waals surface area (Å²) in [6.45, 7) is 22.6. The summed E-state index contributed by atoms with van der Waals surface area (Å²) in [5.74, 6) is 2.64. The van der Waals surface area contributed by atoms with Crippen molar-refractivity contribution < 1.29 is 4.79 Å². The van der Waals surface area contributed by atoms with Gasteiger partial charge < -0.3 is 0 Å². The van der Waals surface area contributed by atoms with Crippen molar-refractivity contribution in [1.29, 1.82) is 0 Å². The Morgan fingerprint density at radius 1 is 0.839 bits per heavy atom. The molecule has 1 unspecified atom stereocenters. The fraction of sp³-hybridized carbons (Fsp3) is 0.633. The summed E-state index contributed by atoms with van der Waals surface area (Å²) in [4.78, 5) is 13.8. The number of carbonyl (C=O) groups excluding carboxylic acids is 1. The van der Waals surface area contributed by atoms with Crippen LogP contribution in [-0.2, 0) is 11.2 Å². The molecule has 1 heteroatoms.